The van der Waals surface area contributed by atoms with Crippen LogP contribution in [0.15, 0.2) is 42.5 Å². The van der Waals surface area contributed by atoms with Crippen molar-refractivity contribution in [3.05, 3.63) is 64.7 Å². The van der Waals surface area contributed by atoms with E-state index in [0.717, 1.165) is 25.3 Å². The minimum absolute atomic E-state index is 0.474. The van der Waals surface area contributed by atoms with Crippen LogP contribution in [0.4, 0.5) is 0 Å². The number of ether oxygens (including phenoxy) is 1. The predicted octanol–water partition coefficient (Wildman–Crippen LogP) is 5.53. The zero-order valence-electron chi connectivity index (χ0n) is 18.5. The quantitative estimate of drug-likeness (QED) is 0.589. The monoisotopic (exact) mass is 404 g/mol. The van der Waals surface area contributed by atoms with Crippen LogP contribution >= 0.6 is 0 Å². The molecule has 2 aromatic carbocycles. The maximum absolute atomic E-state index is 6.23. The van der Waals surface area contributed by atoms with Crippen molar-refractivity contribution >= 4 is 0 Å². The Morgan fingerprint density at radius 1 is 0.933 bits per heavy atom. The van der Waals surface area contributed by atoms with Crippen molar-refractivity contribution in [1.82, 2.24) is 9.80 Å². The summed E-state index contributed by atoms with van der Waals surface area (Å²) in [4.78, 5) is 5.30. The zero-order valence-corrected chi connectivity index (χ0v) is 18.5. The van der Waals surface area contributed by atoms with E-state index in [0.29, 0.717) is 12.0 Å². The van der Waals surface area contributed by atoms with Crippen LogP contribution in [0.25, 0.3) is 0 Å². The largest absolute Gasteiger partial charge is 0.494 e. The Morgan fingerprint density at radius 3 is 2.70 bits per heavy atom. The molecule has 30 heavy (non-hydrogen) atoms. The molecule has 3 aliphatic heterocycles. The third-order valence-corrected chi connectivity index (χ3v) is 7.35. The van der Waals surface area contributed by atoms with Gasteiger partial charge in [-0.2, -0.15) is 0 Å². The van der Waals surface area contributed by atoms with Crippen LogP contribution < -0.4 is 4.74 Å². The SMILES string of the molecule is Cc1cccc([C@@H]2CN3CCC[C@H]3c3cc(OCCCN4CCCCC4)ccc32)c1. The summed E-state index contributed by atoms with van der Waals surface area (Å²) in [6.07, 6.45) is 7.86. The highest BCUT2D eigenvalue weighted by atomic mass is 16.5. The summed E-state index contributed by atoms with van der Waals surface area (Å²) in [7, 11) is 0. The van der Waals surface area contributed by atoms with E-state index < -0.39 is 0 Å². The fraction of sp³-hybridized carbons (Fsp3) is 0.556. The van der Waals surface area contributed by atoms with E-state index >= 15 is 0 Å². The van der Waals surface area contributed by atoms with Crippen molar-refractivity contribution in [1.29, 1.82) is 0 Å². The first-order chi connectivity index (χ1) is 14.8. The molecule has 160 valence electrons. The third kappa shape index (κ3) is 4.29. The topological polar surface area (TPSA) is 15.7 Å². The Hall–Kier alpha value is -1.84. The second kappa shape index (κ2) is 9.11. The van der Waals surface area contributed by atoms with E-state index in [1.807, 2.05) is 0 Å². The number of aryl methyl sites for hydroxylation is 1. The molecule has 2 atom stereocenters. The van der Waals surface area contributed by atoms with E-state index in [1.54, 1.807) is 0 Å². The van der Waals surface area contributed by atoms with Crippen LogP contribution in [0.5, 0.6) is 5.75 Å². The maximum Gasteiger partial charge on any atom is 0.119 e. The molecule has 2 aromatic rings. The second-order valence-electron chi connectivity index (χ2n) is 9.51. The normalized spacial score (nSPS) is 24.4. The van der Waals surface area contributed by atoms with Gasteiger partial charge in [0.15, 0.2) is 0 Å². The molecule has 2 fully saturated rings. The lowest BCUT2D eigenvalue weighted by atomic mass is 9.81. The summed E-state index contributed by atoms with van der Waals surface area (Å²) in [6.45, 7) is 9.13. The lowest BCUT2D eigenvalue weighted by Gasteiger charge is -2.38. The average molecular weight is 405 g/mol. The van der Waals surface area contributed by atoms with Gasteiger partial charge in [-0.3, -0.25) is 4.90 Å². The number of piperidine rings is 1. The lowest BCUT2D eigenvalue weighted by Crippen LogP contribution is -2.34. The van der Waals surface area contributed by atoms with Crippen LogP contribution in [-0.4, -0.2) is 49.1 Å². The highest BCUT2D eigenvalue weighted by Crippen LogP contribution is 2.45. The zero-order chi connectivity index (χ0) is 20.3. The standard InChI is InChI=1S/C27H36N2O/c1-21-8-5-9-22(18-21)26-20-29-16-6-10-27(29)25-19-23(11-12-24(25)26)30-17-7-15-28-13-3-2-4-14-28/h5,8-9,11-12,18-19,26-27H,2-4,6-7,10,13-17,20H2,1H3/t26-,27-/m0/s1. The number of nitrogens with zero attached hydrogens (tertiary/aromatic N) is 2. The highest BCUT2D eigenvalue weighted by molar-refractivity contribution is 5.47. The molecule has 0 bridgehead atoms. The number of likely N-dealkylation sites (tertiary alicyclic amines) is 1. The molecule has 3 heteroatoms. The molecule has 0 radical (unpaired) electrons. The Bertz CT molecular complexity index is 858. The van der Waals surface area contributed by atoms with Gasteiger partial charge < -0.3 is 9.64 Å². The number of fused-ring (bicyclic) bond motifs is 3. The summed E-state index contributed by atoms with van der Waals surface area (Å²) in [5.74, 6) is 1.53. The van der Waals surface area contributed by atoms with E-state index in [1.165, 1.54) is 80.5 Å². The molecule has 5 rings (SSSR count). The fourth-order valence-corrected chi connectivity index (χ4v) is 5.81. The molecule has 0 aliphatic carbocycles. The Kier molecular flexibility index (Phi) is 6.10. The number of benzene rings is 2. The molecule has 3 nitrogen and oxygen atoms in total. The number of rotatable bonds is 6. The van der Waals surface area contributed by atoms with Crippen LogP contribution in [0.2, 0.25) is 0 Å². The van der Waals surface area contributed by atoms with Gasteiger partial charge in [0.25, 0.3) is 0 Å². The molecule has 3 aliphatic rings. The van der Waals surface area contributed by atoms with Crippen molar-refractivity contribution < 1.29 is 4.74 Å². The fourth-order valence-electron chi connectivity index (χ4n) is 5.81. The van der Waals surface area contributed by atoms with Gasteiger partial charge in [0.1, 0.15) is 5.75 Å². The van der Waals surface area contributed by atoms with E-state index in [2.05, 4.69) is 59.2 Å². The predicted molar refractivity (Wildman–Crippen MR) is 123 cm³/mol. The molecule has 0 saturated carbocycles. The van der Waals surface area contributed by atoms with Crippen molar-refractivity contribution in [3.63, 3.8) is 0 Å². The summed E-state index contributed by atoms with van der Waals surface area (Å²) in [5.41, 5.74) is 5.84. The molecule has 0 spiro atoms. The molecule has 3 heterocycles. The van der Waals surface area contributed by atoms with Gasteiger partial charge in [0.05, 0.1) is 6.61 Å². The van der Waals surface area contributed by atoms with Gasteiger partial charge in [-0.25, -0.2) is 0 Å². The minimum atomic E-state index is 0.474. The van der Waals surface area contributed by atoms with Crippen LogP contribution in [-0.2, 0) is 0 Å². The Balaban J connectivity index is 1.30. The average Bonchev–Trinajstić information content (AvgIpc) is 3.26. The third-order valence-electron chi connectivity index (χ3n) is 7.35. The molecule has 0 aromatic heterocycles. The van der Waals surface area contributed by atoms with Gasteiger partial charge in [-0.05, 0) is 87.5 Å². The molecule has 0 N–H and O–H groups in total. The van der Waals surface area contributed by atoms with Gasteiger partial charge >= 0.3 is 0 Å². The summed E-state index contributed by atoms with van der Waals surface area (Å²) in [5, 5.41) is 0. The first-order valence-corrected chi connectivity index (χ1v) is 12.1. The summed E-state index contributed by atoms with van der Waals surface area (Å²) >= 11 is 0. The minimum Gasteiger partial charge on any atom is -0.494 e. The van der Waals surface area contributed by atoms with Gasteiger partial charge in [-0.15, -0.1) is 0 Å². The molecule has 0 unspecified atom stereocenters. The molecule has 0 amide bonds. The molecular formula is C27H36N2O. The first kappa shape index (κ1) is 20.1. The van der Waals surface area contributed by atoms with E-state index in [9.17, 15) is 0 Å². The second-order valence-corrected chi connectivity index (χ2v) is 9.51. The van der Waals surface area contributed by atoms with Gasteiger partial charge in [-0.1, -0.05) is 42.3 Å². The van der Waals surface area contributed by atoms with Crippen molar-refractivity contribution in [2.24, 2.45) is 0 Å². The van der Waals surface area contributed by atoms with Crippen LogP contribution in [0.1, 0.15) is 72.7 Å². The first-order valence-electron chi connectivity index (χ1n) is 12.1. The number of hydrogen-bond acceptors (Lipinski definition) is 3. The molecule has 2 saturated heterocycles. The van der Waals surface area contributed by atoms with Crippen molar-refractivity contribution in [2.45, 2.75) is 57.4 Å². The Morgan fingerprint density at radius 2 is 1.83 bits per heavy atom. The van der Waals surface area contributed by atoms with Crippen LogP contribution in [0.3, 0.4) is 0 Å². The molecular weight excluding hydrogens is 368 g/mol. The lowest BCUT2D eigenvalue weighted by molar-refractivity contribution is 0.204. The summed E-state index contributed by atoms with van der Waals surface area (Å²) in [6, 6.07) is 16.6. The Labute approximate surface area is 182 Å². The maximum atomic E-state index is 6.23. The van der Waals surface area contributed by atoms with E-state index in [-0.39, 0.29) is 0 Å². The number of hydrogen-bond donors (Lipinski definition) is 0. The van der Waals surface area contributed by atoms with Crippen molar-refractivity contribution in [2.75, 3.05) is 39.3 Å². The smallest absolute Gasteiger partial charge is 0.119 e. The van der Waals surface area contributed by atoms with Crippen molar-refractivity contribution in [3.8, 4) is 5.75 Å². The van der Waals surface area contributed by atoms with Gasteiger partial charge in [0.2, 0.25) is 0 Å². The van der Waals surface area contributed by atoms with Crippen LogP contribution in [0, 0.1) is 6.92 Å². The van der Waals surface area contributed by atoms with Gasteiger partial charge in [0, 0.05) is 25.0 Å². The summed E-state index contributed by atoms with van der Waals surface area (Å²) < 4.78 is 6.23. The van der Waals surface area contributed by atoms with E-state index in [4.69, 9.17) is 4.74 Å². The highest BCUT2D eigenvalue weighted by Gasteiger charge is 2.36.